The van der Waals surface area contributed by atoms with Crippen LogP contribution in [0, 0.1) is 19.8 Å². The van der Waals surface area contributed by atoms with Gasteiger partial charge >= 0.3 is 6.18 Å². The van der Waals surface area contributed by atoms with Gasteiger partial charge in [-0.2, -0.15) is 13.2 Å². The molecule has 2 unspecified atom stereocenters. The number of nitrogens with zero attached hydrogens (tertiary/aromatic N) is 1. The highest BCUT2D eigenvalue weighted by Crippen LogP contribution is 2.38. The SMILES string of the molecule is Cc1cc(C)nc(C(Cc2ccccc2)(NC(O)CC2CCCC2)c2cccc(C(F)(F)F)c2)c1. The number of hydrogen-bond acceptors (Lipinski definition) is 3. The Morgan fingerprint density at radius 2 is 1.63 bits per heavy atom. The lowest BCUT2D eigenvalue weighted by atomic mass is 9.79. The van der Waals surface area contributed by atoms with Gasteiger partial charge in [-0.3, -0.25) is 10.3 Å². The first-order chi connectivity index (χ1) is 16.7. The maximum atomic E-state index is 13.8. The number of aliphatic hydroxyl groups is 1. The molecule has 2 N–H and O–H groups in total. The maximum absolute atomic E-state index is 13.8. The summed E-state index contributed by atoms with van der Waals surface area (Å²) >= 11 is 0. The molecule has 0 aliphatic heterocycles. The molecular weight excluding hydrogens is 449 g/mol. The summed E-state index contributed by atoms with van der Waals surface area (Å²) in [4.78, 5) is 4.80. The topological polar surface area (TPSA) is 45.2 Å². The largest absolute Gasteiger partial charge is 0.416 e. The highest BCUT2D eigenvalue weighted by Gasteiger charge is 2.40. The number of hydrogen-bond donors (Lipinski definition) is 2. The van der Waals surface area contributed by atoms with Gasteiger partial charge in [0.2, 0.25) is 0 Å². The van der Waals surface area contributed by atoms with Gasteiger partial charge in [0.05, 0.1) is 16.8 Å². The molecule has 0 amide bonds. The molecule has 4 rings (SSSR count). The van der Waals surface area contributed by atoms with Gasteiger partial charge in [-0.25, -0.2) is 0 Å². The van der Waals surface area contributed by atoms with Crippen LogP contribution < -0.4 is 5.32 Å². The van der Waals surface area contributed by atoms with Crippen LogP contribution in [0.1, 0.15) is 65.7 Å². The summed E-state index contributed by atoms with van der Waals surface area (Å²) in [5, 5.41) is 14.6. The summed E-state index contributed by atoms with van der Waals surface area (Å²) in [6.07, 6.45) is -0.0395. The number of alkyl halides is 3. The molecule has 0 saturated heterocycles. The Morgan fingerprint density at radius 3 is 2.29 bits per heavy atom. The van der Waals surface area contributed by atoms with Crippen molar-refractivity contribution in [3.8, 4) is 0 Å². The third-order valence-corrected chi connectivity index (χ3v) is 6.97. The number of aromatic nitrogens is 1. The Labute approximate surface area is 205 Å². The molecule has 186 valence electrons. The van der Waals surface area contributed by atoms with Gasteiger partial charge in [0.25, 0.3) is 0 Å². The van der Waals surface area contributed by atoms with E-state index in [1.54, 1.807) is 6.07 Å². The zero-order chi connectivity index (χ0) is 25.1. The molecule has 1 fully saturated rings. The highest BCUT2D eigenvalue weighted by molar-refractivity contribution is 5.42. The third kappa shape index (κ3) is 6.11. The molecule has 3 aromatic rings. The summed E-state index contributed by atoms with van der Waals surface area (Å²) in [6.45, 7) is 3.83. The van der Waals surface area contributed by atoms with Crippen molar-refractivity contribution < 1.29 is 18.3 Å². The second-order valence-corrected chi connectivity index (χ2v) is 9.86. The molecule has 3 nitrogen and oxygen atoms in total. The summed E-state index contributed by atoms with van der Waals surface area (Å²) in [5.74, 6) is 0.403. The number of pyridine rings is 1. The van der Waals surface area contributed by atoms with Crippen molar-refractivity contribution in [2.75, 3.05) is 0 Å². The van der Waals surface area contributed by atoms with Crippen LogP contribution in [0.15, 0.2) is 66.7 Å². The van der Waals surface area contributed by atoms with Crippen LogP contribution >= 0.6 is 0 Å². The van der Waals surface area contributed by atoms with Crippen LogP contribution in [0.5, 0.6) is 0 Å². The predicted octanol–water partition coefficient (Wildman–Crippen LogP) is 6.69. The van der Waals surface area contributed by atoms with Crippen LogP contribution in [-0.2, 0) is 18.1 Å². The Bertz CT molecular complexity index is 1110. The average molecular weight is 483 g/mol. The minimum Gasteiger partial charge on any atom is -0.379 e. The van der Waals surface area contributed by atoms with Gasteiger partial charge in [0.1, 0.15) is 6.23 Å². The van der Waals surface area contributed by atoms with Crippen LogP contribution in [0.3, 0.4) is 0 Å². The molecular formula is C29H33F3N2O. The molecule has 1 aliphatic carbocycles. The molecule has 1 heterocycles. The maximum Gasteiger partial charge on any atom is 0.416 e. The summed E-state index contributed by atoms with van der Waals surface area (Å²) in [5.41, 5.74) is 1.83. The van der Waals surface area contributed by atoms with Crippen molar-refractivity contribution in [2.45, 2.75) is 70.3 Å². The number of nitrogens with one attached hydrogen (secondary N) is 1. The number of benzene rings is 2. The van der Waals surface area contributed by atoms with E-state index in [2.05, 4.69) is 5.32 Å². The zero-order valence-electron chi connectivity index (χ0n) is 20.3. The molecule has 1 aromatic heterocycles. The van der Waals surface area contributed by atoms with Gasteiger partial charge in [0, 0.05) is 12.1 Å². The normalized spacial score (nSPS) is 17.3. The first-order valence-electron chi connectivity index (χ1n) is 12.3. The lowest BCUT2D eigenvalue weighted by Crippen LogP contribution is -2.51. The summed E-state index contributed by atoms with van der Waals surface area (Å²) < 4.78 is 41.3. The van der Waals surface area contributed by atoms with E-state index in [4.69, 9.17) is 4.98 Å². The van der Waals surface area contributed by atoms with Crippen LogP contribution in [0.4, 0.5) is 13.2 Å². The van der Waals surface area contributed by atoms with Crippen LogP contribution in [-0.4, -0.2) is 16.3 Å². The zero-order valence-corrected chi connectivity index (χ0v) is 20.3. The minimum absolute atomic E-state index is 0.340. The van der Waals surface area contributed by atoms with Crippen molar-refractivity contribution >= 4 is 0 Å². The van der Waals surface area contributed by atoms with E-state index in [0.717, 1.165) is 48.6 Å². The highest BCUT2D eigenvalue weighted by atomic mass is 19.4. The lowest BCUT2D eigenvalue weighted by molar-refractivity contribution is -0.137. The molecule has 0 bridgehead atoms. The lowest BCUT2D eigenvalue weighted by Gasteiger charge is -2.38. The quantitative estimate of drug-likeness (QED) is 0.352. The number of rotatable bonds is 8. The second kappa shape index (κ2) is 10.5. The Balaban J connectivity index is 1.88. The number of halogens is 3. The summed E-state index contributed by atoms with van der Waals surface area (Å²) in [6, 6.07) is 18.9. The number of aliphatic hydroxyl groups excluding tert-OH is 1. The fraction of sp³-hybridized carbons (Fsp3) is 0.414. The molecule has 2 atom stereocenters. The van der Waals surface area contributed by atoms with Crippen molar-refractivity contribution in [3.05, 3.63) is 100 Å². The molecule has 0 spiro atoms. The van der Waals surface area contributed by atoms with E-state index in [1.165, 1.54) is 12.1 Å². The standard InChI is InChI=1S/C29H33F3N2O/c1-20-15-21(2)33-26(16-20)28(19-23-11-4-3-5-12-23,34-27(35)17-22-9-6-7-10-22)24-13-8-14-25(18-24)29(30,31)32/h3-5,8,11-16,18,22,27,34-35H,6-7,9-10,17,19H2,1-2H3. The monoisotopic (exact) mass is 482 g/mol. The molecule has 6 heteroatoms. The Kier molecular flexibility index (Phi) is 7.62. The van der Waals surface area contributed by atoms with E-state index in [1.807, 2.05) is 56.3 Å². The molecule has 1 aliphatic rings. The molecule has 1 saturated carbocycles. The molecule has 35 heavy (non-hydrogen) atoms. The van der Waals surface area contributed by atoms with Crippen molar-refractivity contribution in [1.82, 2.24) is 10.3 Å². The van der Waals surface area contributed by atoms with E-state index < -0.39 is 23.5 Å². The van der Waals surface area contributed by atoms with Gasteiger partial charge in [-0.05, 0) is 67.1 Å². The Morgan fingerprint density at radius 1 is 0.943 bits per heavy atom. The van der Waals surface area contributed by atoms with Gasteiger partial charge in [-0.1, -0.05) is 68.1 Å². The first-order valence-corrected chi connectivity index (χ1v) is 12.3. The van der Waals surface area contributed by atoms with E-state index in [-0.39, 0.29) is 0 Å². The third-order valence-electron chi connectivity index (χ3n) is 6.97. The van der Waals surface area contributed by atoms with E-state index >= 15 is 0 Å². The van der Waals surface area contributed by atoms with Crippen LogP contribution in [0.25, 0.3) is 0 Å². The second-order valence-electron chi connectivity index (χ2n) is 9.86. The van der Waals surface area contributed by atoms with Crippen LogP contribution in [0.2, 0.25) is 0 Å². The number of aryl methyl sites for hydroxylation is 2. The van der Waals surface area contributed by atoms with Gasteiger partial charge in [0.15, 0.2) is 0 Å². The summed E-state index contributed by atoms with van der Waals surface area (Å²) in [7, 11) is 0. The average Bonchev–Trinajstić information content (AvgIpc) is 3.31. The smallest absolute Gasteiger partial charge is 0.379 e. The van der Waals surface area contributed by atoms with E-state index in [0.29, 0.717) is 30.0 Å². The van der Waals surface area contributed by atoms with Crippen molar-refractivity contribution in [2.24, 2.45) is 5.92 Å². The first kappa shape index (κ1) is 25.4. The predicted molar refractivity (Wildman–Crippen MR) is 132 cm³/mol. The molecule has 0 radical (unpaired) electrons. The fourth-order valence-electron chi connectivity index (χ4n) is 5.38. The van der Waals surface area contributed by atoms with Gasteiger partial charge < -0.3 is 5.11 Å². The van der Waals surface area contributed by atoms with Crippen molar-refractivity contribution in [1.29, 1.82) is 0 Å². The minimum atomic E-state index is -4.48. The Hall–Kier alpha value is -2.70. The van der Waals surface area contributed by atoms with Crippen molar-refractivity contribution in [3.63, 3.8) is 0 Å². The van der Waals surface area contributed by atoms with E-state index in [9.17, 15) is 18.3 Å². The fourth-order valence-corrected chi connectivity index (χ4v) is 5.38. The van der Waals surface area contributed by atoms with Gasteiger partial charge in [-0.15, -0.1) is 0 Å². The molecule has 2 aromatic carbocycles.